The van der Waals surface area contributed by atoms with Crippen molar-refractivity contribution in [3.8, 4) is 0 Å². The molecule has 0 aliphatic rings. The van der Waals surface area contributed by atoms with Gasteiger partial charge in [0.05, 0.1) is 23.3 Å². The summed E-state index contributed by atoms with van der Waals surface area (Å²) in [5.41, 5.74) is 9.37. The zero-order chi connectivity index (χ0) is 40.0. The van der Waals surface area contributed by atoms with E-state index in [0.29, 0.717) is 0 Å². The number of anilines is 6. The highest BCUT2D eigenvalue weighted by atomic mass is 32.1. The van der Waals surface area contributed by atoms with E-state index in [0.717, 1.165) is 115 Å². The summed E-state index contributed by atoms with van der Waals surface area (Å²) >= 11 is 1.66. The summed E-state index contributed by atoms with van der Waals surface area (Å²) in [7, 11) is 0. The lowest BCUT2D eigenvalue weighted by Crippen LogP contribution is -2.12. The molecule has 0 unspecified atom stereocenters. The molecule has 13 aromatic rings. The Kier molecular flexibility index (Phi) is 7.37. The molecule has 0 saturated carbocycles. The summed E-state index contributed by atoms with van der Waals surface area (Å²) in [4.78, 5) is 16.0. The van der Waals surface area contributed by atoms with E-state index >= 15 is 0 Å². The summed E-state index contributed by atoms with van der Waals surface area (Å²) in [6.07, 6.45) is 1.90. The number of hydrogen-bond donors (Lipinski definition) is 0. The van der Waals surface area contributed by atoms with E-state index in [1.807, 2.05) is 30.5 Å². The number of thiophene rings is 1. The molecule has 0 spiro atoms. The van der Waals surface area contributed by atoms with Crippen molar-refractivity contribution in [1.29, 1.82) is 0 Å². The number of hydrogen-bond acceptors (Lipinski definition) is 7. The first-order valence-electron chi connectivity index (χ1n) is 20.3. The third-order valence-corrected chi connectivity index (χ3v) is 12.9. The van der Waals surface area contributed by atoms with Crippen molar-refractivity contribution in [2.75, 3.05) is 9.80 Å². The zero-order valence-corrected chi connectivity index (χ0v) is 33.3. The molecular formula is C54H32N4O2S. The van der Waals surface area contributed by atoms with Crippen LogP contribution in [0.25, 0.3) is 85.9 Å². The average Bonchev–Trinajstić information content (AvgIpc) is 3.99. The van der Waals surface area contributed by atoms with Crippen LogP contribution >= 0.6 is 11.3 Å². The molecular weight excluding hydrogens is 769 g/mol. The maximum absolute atomic E-state index is 6.42. The van der Waals surface area contributed by atoms with E-state index in [2.05, 4.69) is 174 Å². The van der Waals surface area contributed by atoms with Gasteiger partial charge in [0, 0.05) is 65.9 Å². The molecule has 0 radical (unpaired) electrons. The lowest BCUT2D eigenvalue weighted by atomic mass is 10.1. The SMILES string of the molecule is c1ccc2c(N(c3ccc4c(c3)oc3ccccc34)c3ccc4c(c3)sc3nc(N(c5ccc6c(c5)oc5ccccc56)c5cccc6ccccc56)cnc34)cccc2c1. The Morgan fingerprint density at radius 3 is 1.49 bits per heavy atom. The van der Waals surface area contributed by atoms with E-state index < -0.39 is 0 Å². The molecule has 61 heavy (non-hydrogen) atoms. The summed E-state index contributed by atoms with van der Waals surface area (Å²) in [5, 5.41) is 10.0. The van der Waals surface area contributed by atoms with Crippen LogP contribution < -0.4 is 9.80 Å². The molecule has 0 fully saturated rings. The number of aromatic nitrogens is 2. The lowest BCUT2D eigenvalue weighted by Gasteiger charge is -2.27. The van der Waals surface area contributed by atoms with Crippen molar-refractivity contribution in [3.63, 3.8) is 0 Å². The molecule has 9 aromatic carbocycles. The third-order valence-electron chi connectivity index (χ3n) is 11.9. The highest BCUT2D eigenvalue weighted by molar-refractivity contribution is 7.25. The van der Waals surface area contributed by atoms with Gasteiger partial charge >= 0.3 is 0 Å². The van der Waals surface area contributed by atoms with Crippen molar-refractivity contribution in [2.45, 2.75) is 0 Å². The fraction of sp³-hybridized carbons (Fsp3) is 0. The van der Waals surface area contributed by atoms with Gasteiger partial charge in [-0.25, -0.2) is 9.97 Å². The standard InChI is InChI=1S/C54H32N4O2S/c1-3-15-38-33(11-1)13-9-19-45(38)57(35-23-26-42-40-17-5-7-21-47(40)59-49(42)29-35)37-25-28-44-51(31-37)61-54-53(44)55-32-52(56-54)58(46-20-10-14-34-12-2-4-16-39(34)46)36-24-27-43-41-18-6-8-22-48(41)60-50(43)30-36/h1-32H. The van der Waals surface area contributed by atoms with Gasteiger partial charge in [0.2, 0.25) is 0 Å². The van der Waals surface area contributed by atoms with Crippen LogP contribution in [0.15, 0.2) is 203 Å². The Balaban J connectivity index is 0.981. The highest BCUT2D eigenvalue weighted by Gasteiger charge is 2.22. The molecule has 0 aliphatic heterocycles. The molecule has 0 saturated heterocycles. The van der Waals surface area contributed by atoms with Gasteiger partial charge in [0.15, 0.2) is 5.82 Å². The van der Waals surface area contributed by atoms with E-state index in [-0.39, 0.29) is 0 Å². The second-order valence-electron chi connectivity index (χ2n) is 15.4. The van der Waals surface area contributed by atoms with Crippen LogP contribution in [-0.2, 0) is 0 Å². The summed E-state index contributed by atoms with van der Waals surface area (Å²) < 4.78 is 13.9. The van der Waals surface area contributed by atoms with Crippen molar-refractivity contribution in [3.05, 3.63) is 194 Å². The first-order valence-corrected chi connectivity index (χ1v) is 21.1. The fourth-order valence-corrected chi connectivity index (χ4v) is 10.2. The van der Waals surface area contributed by atoms with Crippen LogP contribution in [0.2, 0.25) is 0 Å². The lowest BCUT2D eigenvalue weighted by molar-refractivity contribution is 0.668. The van der Waals surface area contributed by atoms with Crippen molar-refractivity contribution in [1.82, 2.24) is 9.97 Å². The van der Waals surface area contributed by atoms with Gasteiger partial charge in [-0.1, -0.05) is 109 Å². The Morgan fingerprint density at radius 2 is 0.869 bits per heavy atom. The first kappa shape index (κ1) is 33.9. The minimum Gasteiger partial charge on any atom is -0.456 e. The third kappa shape index (κ3) is 5.34. The maximum atomic E-state index is 6.42. The Labute approximate surface area is 352 Å². The number of para-hydroxylation sites is 2. The zero-order valence-electron chi connectivity index (χ0n) is 32.5. The van der Waals surface area contributed by atoms with Crippen molar-refractivity contribution < 1.29 is 8.83 Å². The molecule has 0 amide bonds. The second-order valence-corrected chi connectivity index (χ2v) is 16.4. The van der Waals surface area contributed by atoms with Gasteiger partial charge < -0.3 is 13.7 Å². The Hall–Kier alpha value is -8.00. The minimum atomic E-state index is 0.725. The molecule has 286 valence electrons. The number of nitrogens with zero attached hydrogens (tertiary/aromatic N) is 4. The molecule has 4 heterocycles. The number of benzene rings is 9. The van der Waals surface area contributed by atoms with E-state index in [1.165, 1.54) is 5.39 Å². The monoisotopic (exact) mass is 800 g/mol. The summed E-state index contributed by atoms with van der Waals surface area (Å²) in [5.74, 6) is 0.725. The minimum absolute atomic E-state index is 0.725. The van der Waals surface area contributed by atoms with Gasteiger partial charge in [-0.3, -0.25) is 4.90 Å². The van der Waals surface area contributed by atoms with E-state index in [1.54, 1.807) is 11.3 Å². The molecule has 0 bridgehead atoms. The molecule has 13 rings (SSSR count). The quantitative estimate of drug-likeness (QED) is 0.167. The number of rotatable bonds is 6. The van der Waals surface area contributed by atoms with Crippen LogP contribution in [-0.4, -0.2) is 9.97 Å². The number of fused-ring (bicyclic) bond motifs is 11. The highest BCUT2D eigenvalue weighted by Crippen LogP contribution is 2.45. The van der Waals surface area contributed by atoms with Gasteiger partial charge in [-0.15, -0.1) is 11.3 Å². The summed E-state index contributed by atoms with van der Waals surface area (Å²) in [6.45, 7) is 0. The predicted molar refractivity (Wildman–Crippen MR) is 254 cm³/mol. The topological polar surface area (TPSA) is 58.5 Å². The molecule has 4 aromatic heterocycles. The van der Waals surface area contributed by atoms with Crippen molar-refractivity contribution >= 4 is 131 Å². The number of furan rings is 2. The molecule has 7 heteroatoms. The van der Waals surface area contributed by atoms with Crippen molar-refractivity contribution in [2.24, 2.45) is 0 Å². The van der Waals surface area contributed by atoms with Gasteiger partial charge in [-0.2, -0.15) is 0 Å². The largest absolute Gasteiger partial charge is 0.456 e. The van der Waals surface area contributed by atoms with Crippen LogP contribution in [0, 0.1) is 0 Å². The molecule has 6 nitrogen and oxygen atoms in total. The first-order chi connectivity index (χ1) is 30.2. The van der Waals surface area contributed by atoms with Crippen LogP contribution in [0.4, 0.5) is 34.3 Å². The van der Waals surface area contributed by atoms with Crippen LogP contribution in [0.3, 0.4) is 0 Å². The Bertz CT molecular complexity index is 3620. The van der Waals surface area contributed by atoms with Crippen LogP contribution in [0.5, 0.6) is 0 Å². The smallest absolute Gasteiger partial charge is 0.157 e. The predicted octanol–water partition coefficient (Wildman–Crippen LogP) is 15.9. The molecule has 0 N–H and O–H groups in total. The van der Waals surface area contributed by atoms with Gasteiger partial charge in [0.1, 0.15) is 32.7 Å². The van der Waals surface area contributed by atoms with E-state index in [9.17, 15) is 0 Å². The average molecular weight is 801 g/mol. The van der Waals surface area contributed by atoms with Crippen LogP contribution in [0.1, 0.15) is 0 Å². The summed E-state index contributed by atoms with van der Waals surface area (Å²) in [6, 6.07) is 65.9. The second kappa shape index (κ2) is 13.3. The van der Waals surface area contributed by atoms with Gasteiger partial charge in [-0.05, 0) is 77.5 Å². The normalized spacial score (nSPS) is 11.9. The van der Waals surface area contributed by atoms with Gasteiger partial charge in [0.25, 0.3) is 0 Å². The van der Waals surface area contributed by atoms with E-state index in [4.69, 9.17) is 18.8 Å². The molecule has 0 aliphatic carbocycles. The fourth-order valence-electron chi connectivity index (χ4n) is 9.10. The Morgan fingerprint density at radius 1 is 0.393 bits per heavy atom. The maximum Gasteiger partial charge on any atom is 0.157 e. The molecule has 0 atom stereocenters.